The molecule has 3 rings (SSSR count). The van der Waals surface area contributed by atoms with E-state index in [2.05, 4.69) is 10.3 Å². The first-order valence-electron chi connectivity index (χ1n) is 7.88. The van der Waals surface area contributed by atoms with E-state index in [1.165, 1.54) is 30.6 Å². The van der Waals surface area contributed by atoms with Crippen molar-refractivity contribution in [1.29, 1.82) is 0 Å². The van der Waals surface area contributed by atoms with Crippen LogP contribution < -0.4 is 19.5 Å². The van der Waals surface area contributed by atoms with Gasteiger partial charge in [0.2, 0.25) is 0 Å². The Labute approximate surface area is 159 Å². The maximum absolute atomic E-state index is 13.5. The lowest BCUT2D eigenvalue weighted by molar-refractivity contribution is 0.102. The quantitative estimate of drug-likeness (QED) is 0.684. The van der Waals surface area contributed by atoms with E-state index in [-0.39, 0.29) is 11.3 Å². The van der Waals surface area contributed by atoms with E-state index < -0.39 is 11.7 Å². The van der Waals surface area contributed by atoms with Gasteiger partial charge in [-0.3, -0.25) is 10.1 Å². The summed E-state index contributed by atoms with van der Waals surface area (Å²) < 4.78 is 29.2. The number of thiazole rings is 1. The van der Waals surface area contributed by atoms with Crippen LogP contribution in [0.3, 0.4) is 0 Å². The lowest BCUT2D eigenvalue weighted by Crippen LogP contribution is -2.13. The minimum atomic E-state index is -0.526. The number of carbonyl (C=O) groups is 1. The van der Waals surface area contributed by atoms with Gasteiger partial charge in [0.15, 0.2) is 5.13 Å². The maximum atomic E-state index is 13.5. The zero-order chi connectivity index (χ0) is 19.4. The molecule has 0 atom stereocenters. The highest BCUT2D eigenvalue weighted by molar-refractivity contribution is 7.14. The van der Waals surface area contributed by atoms with Crippen molar-refractivity contribution in [1.82, 2.24) is 4.98 Å². The molecular weight excluding hydrogens is 371 g/mol. The fourth-order valence-corrected chi connectivity index (χ4v) is 3.20. The number of hydrogen-bond donors (Lipinski definition) is 1. The van der Waals surface area contributed by atoms with Crippen molar-refractivity contribution in [3.05, 3.63) is 53.2 Å². The fraction of sp³-hybridized carbons (Fsp3) is 0.158. The molecule has 0 saturated heterocycles. The van der Waals surface area contributed by atoms with Crippen LogP contribution in [0.2, 0.25) is 0 Å². The van der Waals surface area contributed by atoms with Gasteiger partial charge in [-0.15, -0.1) is 11.3 Å². The van der Waals surface area contributed by atoms with Gasteiger partial charge in [0, 0.05) is 10.9 Å². The van der Waals surface area contributed by atoms with Crippen LogP contribution in [0.1, 0.15) is 10.4 Å². The van der Waals surface area contributed by atoms with Crippen molar-refractivity contribution in [2.24, 2.45) is 0 Å². The molecule has 0 fully saturated rings. The number of amides is 1. The molecule has 140 valence electrons. The summed E-state index contributed by atoms with van der Waals surface area (Å²) in [7, 11) is 4.56. The van der Waals surface area contributed by atoms with Crippen LogP contribution in [0, 0.1) is 5.82 Å². The van der Waals surface area contributed by atoms with Crippen LogP contribution in [0.25, 0.3) is 11.3 Å². The number of nitrogens with zero attached hydrogens (tertiary/aromatic N) is 1. The Kier molecular flexibility index (Phi) is 5.56. The molecule has 3 aromatic rings. The van der Waals surface area contributed by atoms with Gasteiger partial charge in [0.05, 0.1) is 32.6 Å². The molecule has 0 bridgehead atoms. The molecule has 8 heteroatoms. The highest BCUT2D eigenvalue weighted by atomic mass is 32.1. The van der Waals surface area contributed by atoms with Gasteiger partial charge >= 0.3 is 0 Å². The van der Waals surface area contributed by atoms with E-state index in [9.17, 15) is 9.18 Å². The molecule has 27 heavy (non-hydrogen) atoms. The number of halogens is 1. The summed E-state index contributed by atoms with van der Waals surface area (Å²) in [5.41, 5.74) is 1.45. The number of methoxy groups -OCH3 is 3. The Balaban J connectivity index is 1.87. The third-order valence-corrected chi connectivity index (χ3v) is 4.57. The van der Waals surface area contributed by atoms with Gasteiger partial charge in [-0.1, -0.05) is 0 Å². The van der Waals surface area contributed by atoms with E-state index in [0.29, 0.717) is 22.3 Å². The van der Waals surface area contributed by atoms with E-state index in [1.807, 2.05) is 0 Å². The Morgan fingerprint density at radius 1 is 1.04 bits per heavy atom. The number of benzene rings is 2. The van der Waals surface area contributed by atoms with E-state index in [4.69, 9.17) is 14.2 Å². The van der Waals surface area contributed by atoms with Crippen molar-refractivity contribution in [2.45, 2.75) is 0 Å². The predicted molar refractivity (Wildman–Crippen MR) is 102 cm³/mol. The molecule has 0 spiro atoms. The van der Waals surface area contributed by atoms with E-state index in [0.717, 1.165) is 11.6 Å². The molecule has 2 aromatic carbocycles. The maximum Gasteiger partial charge on any atom is 0.261 e. The summed E-state index contributed by atoms with van der Waals surface area (Å²) in [5.74, 6) is 0.534. The first-order valence-corrected chi connectivity index (χ1v) is 8.76. The number of aromatic nitrogens is 1. The van der Waals surface area contributed by atoms with Gasteiger partial charge in [-0.2, -0.15) is 0 Å². The molecule has 1 heterocycles. The smallest absolute Gasteiger partial charge is 0.261 e. The van der Waals surface area contributed by atoms with Crippen LogP contribution in [-0.4, -0.2) is 32.2 Å². The Morgan fingerprint density at radius 2 is 1.78 bits per heavy atom. The molecule has 0 aliphatic carbocycles. The van der Waals surface area contributed by atoms with Crippen LogP contribution in [0.15, 0.2) is 41.8 Å². The molecule has 0 unspecified atom stereocenters. The number of hydrogen-bond acceptors (Lipinski definition) is 6. The van der Waals surface area contributed by atoms with E-state index in [1.54, 1.807) is 37.8 Å². The zero-order valence-electron chi connectivity index (χ0n) is 14.9. The molecule has 1 aromatic heterocycles. The lowest BCUT2D eigenvalue weighted by Gasteiger charge is -2.09. The molecule has 0 saturated carbocycles. The minimum absolute atomic E-state index is 0.0909. The fourth-order valence-electron chi connectivity index (χ4n) is 2.49. The van der Waals surface area contributed by atoms with Crippen molar-refractivity contribution in [3.8, 4) is 28.5 Å². The molecule has 1 amide bonds. The number of anilines is 1. The standard InChI is InChI=1S/C19H17FN2O4S/c1-24-12-5-7-16(25-2)13(9-12)15-10-27-19(21-15)22-18(23)14-8-11(20)4-6-17(14)26-3/h4-10H,1-3H3,(H,21,22,23). The lowest BCUT2D eigenvalue weighted by atomic mass is 10.1. The molecule has 0 aliphatic heterocycles. The molecular formula is C19H17FN2O4S. The second-order valence-corrected chi connectivity index (χ2v) is 6.26. The SMILES string of the molecule is COc1ccc(OC)c(-c2csc(NC(=O)c3cc(F)ccc3OC)n2)c1. The molecule has 1 N–H and O–H groups in total. The Bertz CT molecular complexity index is 974. The first kappa shape index (κ1) is 18.7. The second-order valence-electron chi connectivity index (χ2n) is 5.40. The predicted octanol–water partition coefficient (Wildman–Crippen LogP) is 4.23. The number of carbonyl (C=O) groups excluding carboxylic acids is 1. The molecule has 0 radical (unpaired) electrons. The Hall–Kier alpha value is -3.13. The van der Waals surface area contributed by atoms with Crippen LogP contribution in [0.4, 0.5) is 9.52 Å². The number of rotatable bonds is 6. The van der Waals surface area contributed by atoms with Gasteiger partial charge in [-0.25, -0.2) is 9.37 Å². The summed E-state index contributed by atoms with van der Waals surface area (Å²) >= 11 is 1.24. The normalized spacial score (nSPS) is 10.4. The van der Waals surface area contributed by atoms with Gasteiger partial charge in [-0.05, 0) is 36.4 Å². The topological polar surface area (TPSA) is 69.7 Å². The largest absolute Gasteiger partial charge is 0.497 e. The minimum Gasteiger partial charge on any atom is -0.497 e. The highest BCUT2D eigenvalue weighted by Crippen LogP contribution is 2.35. The van der Waals surface area contributed by atoms with Crippen molar-refractivity contribution >= 4 is 22.4 Å². The van der Waals surface area contributed by atoms with Gasteiger partial charge in [0.1, 0.15) is 23.1 Å². The van der Waals surface area contributed by atoms with Crippen LogP contribution >= 0.6 is 11.3 Å². The van der Waals surface area contributed by atoms with Crippen molar-refractivity contribution < 1.29 is 23.4 Å². The Morgan fingerprint density at radius 3 is 2.48 bits per heavy atom. The highest BCUT2D eigenvalue weighted by Gasteiger charge is 2.17. The third-order valence-electron chi connectivity index (χ3n) is 3.81. The molecule has 0 aliphatic rings. The summed E-state index contributed by atoms with van der Waals surface area (Å²) in [5, 5.41) is 4.82. The number of ether oxygens (including phenoxy) is 3. The third kappa shape index (κ3) is 4.01. The van der Waals surface area contributed by atoms with Crippen molar-refractivity contribution in [2.75, 3.05) is 26.6 Å². The average molecular weight is 388 g/mol. The summed E-state index contributed by atoms with van der Waals surface area (Å²) in [4.78, 5) is 16.9. The number of nitrogens with one attached hydrogen (secondary N) is 1. The average Bonchev–Trinajstić information content (AvgIpc) is 3.15. The van der Waals surface area contributed by atoms with E-state index >= 15 is 0 Å². The van der Waals surface area contributed by atoms with Crippen LogP contribution in [-0.2, 0) is 0 Å². The first-order chi connectivity index (χ1) is 13.0. The van der Waals surface area contributed by atoms with Crippen molar-refractivity contribution in [3.63, 3.8) is 0 Å². The summed E-state index contributed by atoms with van der Waals surface area (Å²) in [6, 6.07) is 9.12. The second kappa shape index (κ2) is 8.05. The van der Waals surface area contributed by atoms with Gasteiger partial charge in [0.25, 0.3) is 5.91 Å². The summed E-state index contributed by atoms with van der Waals surface area (Å²) in [6.07, 6.45) is 0. The summed E-state index contributed by atoms with van der Waals surface area (Å²) in [6.45, 7) is 0. The monoisotopic (exact) mass is 388 g/mol. The van der Waals surface area contributed by atoms with Gasteiger partial charge < -0.3 is 14.2 Å². The van der Waals surface area contributed by atoms with Crippen LogP contribution in [0.5, 0.6) is 17.2 Å². The zero-order valence-corrected chi connectivity index (χ0v) is 15.7. The molecule has 6 nitrogen and oxygen atoms in total.